The fourth-order valence-corrected chi connectivity index (χ4v) is 1.75. The van der Waals surface area contributed by atoms with Crippen LogP contribution in [0.1, 0.15) is 15.9 Å². The number of nitro groups is 1. The lowest BCUT2D eigenvalue weighted by atomic mass is 10.1. The monoisotopic (exact) mass is 300 g/mol. The Balaban J connectivity index is 3.19. The van der Waals surface area contributed by atoms with Gasteiger partial charge in [0.15, 0.2) is 0 Å². The first-order chi connectivity index (χ1) is 9.67. The number of benzene rings is 1. The lowest BCUT2D eigenvalue weighted by Gasteiger charge is -2.22. The van der Waals surface area contributed by atoms with Crippen LogP contribution in [0.2, 0.25) is 0 Å². The minimum atomic E-state index is -4.61. The Kier molecular flexibility index (Phi) is 4.92. The van der Waals surface area contributed by atoms with Gasteiger partial charge in [0.2, 0.25) is 0 Å². The molecule has 8 heteroatoms. The van der Waals surface area contributed by atoms with Gasteiger partial charge in [-0.1, -0.05) is 12.0 Å². The molecule has 1 amide bonds. The Labute approximate surface area is 118 Å². The van der Waals surface area contributed by atoms with Crippen molar-refractivity contribution >= 4 is 11.6 Å². The molecule has 0 heterocycles. The molecule has 112 valence electrons. The summed E-state index contributed by atoms with van der Waals surface area (Å²) in [6.45, 7) is -0.758. The first-order valence-electron chi connectivity index (χ1n) is 5.71. The van der Waals surface area contributed by atoms with Gasteiger partial charge < -0.3 is 4.90 Å². The summed E-state index contributed by atoms with van der Waals surface area (Å²) in [4.78, 5) is 22.6. The molecule has 0 fully saturated rings. The predicted octanol–water partition coefficient (Wildman–Crippen LogP) is 2.54. The third kappa shape index (κ3) is 4.21. The second kappa shape index (κ2) is 6.26. The summed E-state index contributed by atoms with van der Waals surface area (Å²) in [5.41, 5.74) is -0.520. The molecule has 0 aliphatic rings. The molecule has 1 aromatic rings. The van der Waals surface area contributed by atoms with Gasteiger partial charge >= 0.3 is 6.18 Å². The minimum Gasteiger partial charge on any atom is -0.318 e. The maximum Gasteiger partial charge on any atom is 0.406 e. The van der Waals surface area contributed by atoms with Gasteiger partial charge in [-0.15, -0.1) is 6.42 Å². The fraction of sp³-hybridized carbons (Fsp3) is 0.308. The molecule has 0 unspecified atom stereocenters. The number of hydrogen-bond donors (Lipinski definition) is 0. The van der Waals surface area contributed by atoms with Gasteiger partial charge in [0.25, 0.3) is 11.6 Å². The van der Waals surface area contributed by atoms with Gasteiger partial charge in [0, 0.05) is 17.2 Å². The van der Waals surface area contributed by atoms with E-state index in [1.54, 1.807) is 0 Å². The van der Waals surface area contributed by atoms with Crippen molar-refractivity contribution in [3.63, 3.8) is 0 Å². The summed E-state index contributed by atoms with van der Waals surface area (Å²) in [7, 11) is 0. The second-order valence-electron chi connectivity index (χ2n) is 4.19. The van der Waals surface area contributed by atoms with E-state index in [1.165, 1.54) is 25.1 Å². The quantitative estimate of drug-likeness (QED) is 0.487. The van der Waals surface area contributed by atoms with Crippen LogP contribution in [0.3, 0.4) is 0 Å². The van der Waals surface area contributed by atoms with Crippen LogP contribution >= 0.6 is 0 Å². The lowest BCUT2D eigenvalue weighted by molar-refractivity contribution is -0.385. The maximum atomic E-state index is 12.4. The highest BCUT2D eigenvalue weighted by molar-refractivity contribution is 5.96. The van der Waals surface area contributed by atoms with Crippen molar-refractivity contribution in [3.8, 4) is 12.3 Å². The van der Waals surface area contributed by atoms with E-state index < -0.39 is 30.1 Å². The summed E-state index contributed by atoms with van der Waals surface area (Å²) in [6.07, 6.45) is 0.351. The molecule has 0 aromatic heterocycles. The van der Waals surface area contributed by atoms with Crippen LogP contribution in [-0.4, -0.2) is 35.0 Å². The highest BCUT2D eigenvalue weighted by atomic mass is 19.4. The Morgan fingerprint density at radius 1 is 1.48 bits per heavy atom. The Morgan fingerprint density at radius 2 is 2.10 bits per heavy atom. The van der Waals surface area contributed by atoms with E-state index in [-0.39, 0.29) is 16.8 Å². The van der Waals surface area contributed by atoms with Gasteiger partial charge in [0.1, 0.15) is 6.54 Å². The summed E-state index contributed by atoms with van der Waals surface area (Å²) < 4.78 is 37.3. The van der Waals surface area contributed by atoms with E-state index in [1.807, 2.05) is 5.92 Å². The third-order valence-electron chi connectivity index (χ3n) is 2.67. The van der Waals surface area contributed by atoms with E-state index in [0.29, 0.717) is 4.90 Å². The highest BCUT2D eigenvalue weighted by Crippen LogP contribution is 2.24. The van der Waals surface area contributed by atoms with E-state index >= 15 is 0 Å². The van der Waals surface area contributed by atoms with Crippen LogP contribution in [-0.2, 0) is 0 Å². The number of carbonyl (C=O) groups is 1. The van der Waals surface area contributed by atoms with E-state index in [4.69, 9.17) is 6.42 Å². The van der Waals surface area contributed by atoms with Crippen molar-refractivity contribution in [3.05, 3.63) is 39.4 Å². The van der Waals surface area contributed by atoms with Crippen molar-refractivity contribution in [2.75, 3.05) is 13.1 Å². The molecular formula is C13H11F3N2O3. The van der Waals surface area contributed by atoms with Gasteiger partial charge in [-0.2, -0.15) is 13.2 Å². The van der Waals surface area contributed by atoms with E-state index in [9.17, 15) is 28.1 Å². The topological polar surface area (TPSA) is 63.5 Å². The molecule has 0 saturated carbocycles. The zero-order chi connectivity index (χ0) is 16.2. The van der Waals surface area contributed by atoms with Gasteiger partial charge in [-0.05, 0) is 13.0 Å². The SMILES string of the molecule is C#CCN(CC(F)(F)F)C(=O)c1cccc([N+](=O)[O-])c1C. The van der Waals surface area contributed by atoms with Gasteiger partial charge in [-0.3, -0.25) is 14.9 Å². The number of nitrogens with zero attached hydrogens (tertiary/aromatic N) is 2. The predicted molar refractivity (Wildman–Crippen MR) is 68.6 cm³/mol. The molecule has 0 bridgehead atoms. The minimum absolute atomic E-state index is 0.00306. The van der Waals surface area contributed by atoms with Crippen LogP contribution in [0.15, 0.2) is 18.2 Å². The lowest BCUT2D eigenvalue weighted by Crippen LogP contribution is -2.39. The fourth-order valence-electron chi connectivity index (χ4n) is 1.75. The second-order valence-corrected chi connectivity index (χ2v) is 4.19. The summed E-state index contributed by atoms with van der Waals surface area (Å²) in [6, 6.07) is 3.63. The average Bonchev–Trinajstić information content (AvgIpc) is 2.36. The molecular weight excluding hydrogens is 289 g/mol. The molecule has 0 aliphatic heterocycles. The van der Waals surface area contributed by atoms with Crippen molar-refractivity contribution in [1.82, 2.24) is 4.90 Å². The largest absolute Gasteiger partial charge is 0.406 e. The number of rotatable bonds is 4. The average molecular weight is 300 g/mol. The van der Waals surface area contributed by atoms with Crippen molar-refractivity contribution < 1.29 is 22.9 Å². The van der Waals surface area contributed by atoms with E-state index in [0.717, 1.165) is 0 Å². The number of halogens is 3. The molecule has 21 heavy (non-hydrogen) atoms. The first kappa shape index (κ1) is 16.5. The molecule has 1 rings (SSSR count). The van der Waals surface area contributed by atoms with Crippen molar-refractivity contribution in [2.24, 2.45) is 0 Å². The maximum absolute atomic E-state index is 12.4. The Morgan fingerprint density at radius 3 is 2.57 bits per heavy atom. The summed E-state index contributed by atoms with van der Waals surface area (Å²) in [5.74, 6) is 0.975. The Bertz CT molecular complexity index is 606. The molecule has 0 saturated heterocycles. The molecule has 0 spiro atoms. The first-order valence-corrected chi connectivity index (χ1v) is 5.71. The normalized spacial score (nSPS) is 10.8. The number of terminal acetylenes is 1. The molecule has 0 N–H and O–H groups in total. The van der Waals surface area contributed by atoms with E-state index in [2.05, 4.69) is 0 Å². The van der Waals surface area contributed by atoms with Crippen LogP contribution in [0.25, 0.3) is 0 Å². The number of hydrogen-bond acceptors (Lipinski definition) is 3. The smallest absolute Gasteiger partial charge is 0.318 e. The van der Waals surface area contributed by atoms with Crippen LogP contribution in [0.4, 0.5) is 18.9 Å². The van der Waals surface area contributed by atoms with Crippen LogP contribution < -0.4 is 0 Å². The van der Waals surface area contributed by atoms with Crippen LogP contribution in [0, 0.1) is 29.4 Å². The van der Waals surface area contributed by atoms with Crippen molar-refractivity contribution in [2.45, 2.75) is 13.1 Å². The number of alkyl halides is 3. The number of amides is 1. The molecule has 1 aromatic carbocycles. The number of nitro benzene ring substituents is 1. The zero-order valence-electron chi connectivity index (χ0n) is 11.0. The van der Waals surface area contributed by atoms with Gasteiger partial charge in [-0.25, -0.2) is 0 Å². The third-order valence-corrected chi connectivity index (χ3v) is 2.67. The Hall–Kier alpha value is -2.56. The number of carbonyl (C=O) groups excluding carboxylic acids is 1. The molecule has 0 radical (unpaired) electrons. The summed E-state index contributed by atoms with van der Waals surface area (Å²) in [5, 5.41) is 10.8. The summed E-state index contributed by atoms with van der Waals surface area (Å²) >= 11 is 0. The van der Waals surface area contributed by atoms with Crippen LogP contribution in [0.5, 0.6) is 0 Å². The molecule has 0 aliphatic carbocycles. The van der Waals surface area contributed by atoms with Gasteiger partial charge in [0.05, 0.1) is 11.5 Å². The molecule has 0 atom stereocenters. The standard InChI is InChI=1S/C13H11F3N2O3/c1-3-7-17(8-13(14,15)16)12(19)10-5-4-6-11(9(10)2)18(20)21/h1,4-6H,7-8H2,2H3. The highest BCUT2D eigenvalue weighted by Gasteiger charge is 2.34. The zero-order valence-corrected chi connectivity index (χ0v) is 11.0. The molecule has 5 nitrogen and oxygen atoms in total. The van der Waals surface area contributed by atoms with Crippen molar-refractivity contribution in [1.29, 1.82) is 0 Å².